The van der Waals surface area contributed by atoms with Crippen LogP contribution in [0.25, 0.3) is 11.0 Å². The van der Waals surface area contributed by atoms with Crippen molar-refractivity contribution in [3.8, 4) is 5.88 Å². The van der Waals surface area contributed by atoms with Gasteiger partial charge in [-0.25, -0.2) is 4.98 Å². The quantitative estimate of drug-likeness (QED) is 0.658. The Morgan fingerprint density at radius 2 is 2.00 bits per heavy atom. The number of hydrogen-bond acceptors (Lipinski definition) is 5. The van der Waals surface area contributed by atoms with Gasteiger partial charge in [0.05, 0.1) is 24.1 Å². The van der Waals surface area contributed by atoms with Crippen molar-refractivity contribution in [2.75, 3.05) is 31.6 Å². The summed E-state index contributed by atoms with van der Waals surface area (Å²) in [7, 11) is 3.25. The maximum absolute atomic E-state index is 13.4. The molecule has 1 fully saturated rings. The second-order valence-corrected chi connectivity index (χ2v) is 7.86. The van der Waals surface area contributed by atoms with Gasteiger partial charge in [-0.3, -0.25) is 19.2 Å². The van der Waals surface area contributed by atoms with Gasteiger partial charge in [0.1, 0.15) is 5.56 Å². The van der Waals surface area contributed by atoms with Crippen LogP contribution in [0.1, 0.15) is 23.2 Å². The summed E-state index contributed by atoms with van der Waals surface area (Å²) in [6, 6.07) is 7.93. The van der Waals surface area contributed by atoms with Crippen molar-refractivity contribution < 1.29 is 14.3 Å². The molecule has 1 atom stereocenters. The van der Waals surface area contributed by atoms with Gasteiger partial charge in [-0.1, -0.05) is 12.1 Å². The predicted molar refractivity (Wildman–Crippen MR) is 110 cm³/mol. The molecule has 0 N–H and O–H groups in total. The van der Waals surface area contributed by atoms with E-state index >= 15 is 0 Å². The molecule has 2 aliphatic heterocycles. The molecule has 3 aromatic rings. The number of nitrogens with zero attached hydrogens (tertiary/aromatic N) is 6. The van der Waals surface area contributed by atoms with Gasteiger partial charge in [-0.15, -0.1) is 5.10 Å². The molecule has 9 heteroatoms. The molecule has 0 saturated carbocycles. The summed E-state index contributed by atoms with van der Waals surface area (Å²) < 4.78 is 8.90. The minimum atomic E-state index is -0.239. The Bertz CT molecular complexity index is 1130. The van der Waals surface area contributed by atoms with Crippen molar-refractivity contribution in [1.82, 2.24) is 24.2 Å². The number of fused-ring (bicyclic) bond motifs is 3. The summed E-state index contributed by atoms with van der Waals surface area (Å²) in [5.74, 6) is 0.672. The highest BCUT2D eigenvalue weighted by Gasteiger charge is 2.36. The van der Waals surface area contributed by atoms with Crippen molar-refractivity contribution in [3.63, 3.8) is 0 Å². The molecular weight excluding hydrogens is 384 g/mol. The third-order valence-electron chi connectivity index (χ3n) is 5.97. The van der Waals surface area contributed by atoms with Crippen LogP contribution in [0.2, 0.25) is 0 Å². The minimum Gasteiger partial charge on any atom is -0.479 e. The van der Waals surface area contributed by atoms with Crippen LogP contribution in [-0.4, -0.2) is 62.8 Å². The number of amides is 2. The molecule has 5 rings (SSSR count). The third-order valence-corrected chi connectivity index (χ3v) is 5.97. The molecule has 0 bridgehead atoms. The average molecular weight is 408 g/mol. The molecule has 2 aromatic heterocycles. The molecule has 156 valence electrons. The molecule has 9 nitrogen and oxygen atoms in total. The van der Waals surface area contributed by atoms with E-state index in [4.69, 9.17) is 4.74 Å². The lowest BCUT2D eigenvalue weighted by atomic mass is 9.96. The van der Waals surface area contributed by atoms with E-state index < -0.39 is 0 Å². The van der Waals surface area contributed by atoms with Crippen LogP contribution in [0.5, 0.6) is 5.88 Å². The third kappa shape index (κ3) is 2.92. The Morgan fingerprint density at radius 1 is 1.17 bits per heavy atom. The number of methoxy groups -OCH3 is 1. The highest BCUT2D eigenvalue weighted by atomic mass is 16.5. The van der Waals surface area contributed by atoms with E-state index in [-0.39, 0.29) is 17.7 Å². The van der Waals surface area contributed by atoms with E-state index in [1.807, 2.05) is 24.3 Å². The van der Waals surface area contributed by atoms with E-state index in [1.165, 1.54) is 7.11 Å². The second kappa shape index (κ2) is 7.16. The van der Waals surface area contributed by atoms with Gasteiger partial charge >= 0.3 is 0 Å². The van der Waals surface area contributed by atoms with Crippen LogP contribution in [0, 0.1) is 5.92 Å². The lowest BCUT2D eigenvalue weighted by molar-refractivity contribution is -0.123. The molecule has 2 amide bonds. The predicted octanol–water partition coefficient (Wildman–Crippen LogP) is 1.68. The minimum absolute atomic E-state index is 0.0414. The first-order valence-corrected chi connectivity index (χ1v) is 10.2. The topological polar surface area (TPSA) is 85.5 Å². The Labute approximate surface area is 173 Å². The van der Waals surface area contributed by atoms with Crippen LogP contribution >= 0.6 is 0 Å². The zero-order chi connectivity index (χ0) is 20.8. The van der Waals surface area contributed by atoms with E-state index in [2.05, 4.69) is 14.6 Å². The number of aryl methyl sites for hydroxylation is 1. The molecule has 4 heterocycles. The van der Waals surface area contributed by atoms with Gasteiger partial charge in [0.2, 0.25) is 17.7 Å². The Morgan fingerprint density at radius 3 is 2.83 bits per heavy atom. The van der Waals surface area contributed by atoms with Crippen LogP contribution in [-0.2, 0) is 18.4 Å². The Balaban J connectivity index is 1.36. The van der Waals surface area contributed by atoms with E-state index in [1.54, 1.807) is 27.7 Å². The molecular formula is C21H24N6O3. The van der Waals surface area contributed by atoms with Crippen LogP contribution in [0.4, 0.5) is 5.95 Å². The number of imidazole rings is 1. The van der Waals surface area contributed by atoms with E-state index in [0.717, 1.165) is 30.4 Å². The van der Waals surface area contributed by atoms with Crippen molar-refractivity contribution >= 4 is 28.8 Å². The summed E-state index contributed by atoms with van der Waals surface area (Å²) in [5, 5.41) is 4.17. The second-order valence-electron chi connectivity index (χ2n) is 7.86. The lowest BCUT2D eigenvalue weighted by Gasteiger charge is -2.33. The number of carbonyl (C=O) groups is 2. The number of likely N-dealkylation sites (tertiary alicyclic amines) is 1. The number of para-hydroxylation sites is 2. The van der Waals surface area contributed by atoms with Gasteiger partial charge in [0.25, 0.3) is 5.91 Å². The first kappa shape index (κ1) is 18.7. The van der Waals surface area contributed by atoms with Crippen LogP contribution in [0.3, 0.4) is 0 Å². The van der Waals surface area contributed by atoms with Crippen molar-refractivity contribution in [1.29, 1.82) is 0 Å². The van der Waals surface area contributed by atoms with E-state index in [9.17, 15) is 9.59 Å². The monoisotopic (exact) mass is 408 g/mol. The number of carbonyl (C=O) groups excluding carboxylic acids is 2. The van der Waals surface area contributed by atoms with Crippen molar-refractivity contribution in [2.45, 2.75) is 19.4 Å². The van der Waals surface area contributed by atoms with Gasteiger partial charge < -0.3 is 14.2 Å². The fourth-order valence-electron chi connectivity index (χ4n) is 4.52. The van der Waals surface area contributed by atoms with Gasteiger partial charge in [0.15, 0.2) is 0 Å². The SMILES string of the molecule is COc1nn(C)cc1C(=O)N1CCC[C@H](C(=O)N2CCn3c2nc2ccccc23)C1. The van der Waals surface area contributed by atoms with Crippen molar-refractivity contribution in [3.05, 3.63) is 36.0 Å². The molecule has 0 radical (unpaired) electrons. The normalized spacial score (nSPS) is 18.7. The number of anilines is 1. The number of rotatable bonds is 3. The fraction of sp³-hybridized carbons (Fsp3) is 0.429. The lowest BCUT2D eigenvalue weighted by Crippen LogP contribution is -2.46. The average Bonchev–Trinajstić information content (AvgIpc) is 3.45. The number of ether oxygens (including phenoxy) is 1. The largest absolute Gasteiger partial charge is 0.479 e. The zero-order valence-electron chi connectivity index (χ0n) is 17.1. The number of benzene rings is 1. The first-order chi connectivity index (χ1) is 14.6. The number of hydrogen-bond donors (Lipinski definition) is 0. The van der Waals surface area contributed by atoms with Gasteiger partial charge in [-0.2, -0.15) is 0 Å². The fourth-order valence-corrected chi connectivity index (χ4v) is 4.52. The summed E-state index contributed by atoms with van der Waals surface area (Å²) in [4.78, 5) is 34.6. The van der Waals surface area contributed by atoms with Gasteiger partial charge in [-0.05, 0) is 25.0 Å². The Hall–Kier alpha value is -3.36. The maximum Gasteiger partial charge on any atom is 0.260 e. The molecule has 0 unspecified atom stereocenters. The highest BCUT2D eigenvalue weighted by Crippen LogP contribution is 2.30. The summed E-state index contributed by atoms with van der Waals surface area (Å²) in [5.41, 5.74) is 2.37. The molecule has 1 saturated heterocycles. The van der Waals surface area contributed by atoms with E-state index in [0.29, 0.717) is 37.0 Å². The molecule has 30 heavy (non-hydrogen) atoms. The smallest absolute Gasteiger partial charge is 0.260 e. The van der Waals surface area contributed by atoms with Crippen LogP contribution in [0.15, 0.2) is 30.5 Å². The molecule has 1 aromatic carbocycles. The van der Waals surface area contributed by atoms with Gasteiger partial charge in [0, 0.05) is 39.4 Å². The molecule has 0 aliphatic carbocycles. The number of piperidine rings is 1. The first-order valence-electron chi connectivity index (χ1n) is 10.2. The summed E-state index contributed by atoms with van der Waals surface area (Å²) >= 11 is 0. The molecule has 0 spiro atoms. The summed E-state index contributed by atoms with van der Waals surface area (Å²) in [6.07, 6.45) is 3.22. The standard InChI is InChI=1S/C21H24N6O3/c1-24-13-15(18(23-24)30-2)20(29)25-9-5-6-14(12-25)19(28)27-11-10-26-17-8-4-3-7-16(17)22-21(26)27/h3-4,7-8,13-14H,5-6,9-12H2,1-2H3/t14-/m0/s1. The van der Waals surface area contributed by atoms with Crippen molar-refractivity contribution in [2.24, 2.45) is 13.0 Å². The van der Waals surface area contributed by atoms with Crippen LogP contribution < -0.4 is 9.64 Å². The summed E-state index contributed by atoms with van der Waals surface area (Å²) in [6.45, 7) is 2.38. The maximum atomic E-state index is 13.4. The number of aromatic nitrogens is 4. The Kier molecular flexibility index (Phi) is 4.45. The molecule has 2 aliphatic rings. The highest BCUT2D eigenvalue weighted by molar-refractivity contribution is 5.99. The zero-order valence-corrected chi connectivity index (χ0v) is 17.1.